The number of carbonyl (C=O) groups is 1. The van der Waals surface area contributed by atoms with Gasteiger partial charge < -0.3 is 15.1 Å². The number of aliphatic hydroxyl groups is 2. The lowest BCUT2D eigenvalue weighted by Crippen LogP contribution is -2.35. The molecule has 1 aliphatic rings. The van der Waals surface area contributed by atoms with E-state index in [0.717, 1.165) is 22.8 Å². The first-order valence-corrected chi connectivity index (χ1v) is 7.93. The number of carbonyl (C=O) groups excluding carboxylic acids is 1. The van der Waals surface area contributed by atoms with E-state index >= 15 is 0 Å². The van der Waals surface area contributed by atoms with E-state index in [0.29, 0.717) is 0 Å². The average molecular weight is 287 g/mol. The highest BCUT2D eigenvalue weighted by Crippen LogP contribution is 2.32. The molecule has 0 aromatic carbocycles. The normalized spacial score (nSPS) is 14.3. The molecule has 1 aromatic heterocycles. The predicted molar refractivity (Wildman–Crippen MR) is 74.3 cm³/mol. The minimum Gasteiger partial charge on any atom is -0.395 e. The van der Waals surface area contributed by atoms with Crippen LogP contribution in [0.1, 0.15) is 20.1 Å². The molecule has 6 heteroatoms. The standard InChI is InChI=1S/C12H17NO3S2/c14-4-2-13(3-5-15)12(16)11-7-9-8-17-6-1-10(9)18-11/h7,14-15H,1-6,8H2. The van der Waals surface area contributed by atoms with Gasteiger partial charge in [0.2, 0.25) is 0 Å². The van der Waals surface area contributed by atoms with Gasteiger partial charge >= 0.3 is 0 Å². The molecule has 4 nitrogen and oxygen atoms in total. The number of hydrogen-bond acceptors (Lipinski definition) is 5. The van der Waals surface area contributed by atoms with E-state index in [1.807, 2.05) is 17.8 Å². The molecule has 0 fully saturated rings. The highest BCUT2D eigenvalue weighted by molar-refractivity contribution is 7.98. The Morgan fingerprint density at radius 1 is 1.33 bits per heavy atom. The van der Waals surface area contributed by atoms with Crippen molar-refractivity contribution in [1.29, 1.82) is 0 Å². The van der Waals surface area contributed by atoms with Gasteiger partial charge in [-0.25, -0.2) is 0 Å². The zero-order chi connectivity index (χ0) is 13.0. The van der Waals surface area contributed by atoms with Crippen molar-refractivity contribution >= 4 is 29.0 Å². The van der Waals surface area contributed by atoms with Crippen molar-refractivity contribution in [3.63, 3.8) is 0 Å². The van der Waals surface area contributed by atoms with Gasteiger partial charge in [-0.2, -0.15) is 11.8 Å². The van der Waals surface area contributed by atoms with Crippen LogP contribution in [-0.4, -0.2) is 53.1 Å². The number of aryl methyl sites for hydroxylation is 1. The Kier molecular flexibility index (Phi) is 5.05. The number of fused-ring (bicyclic) bond motifs is 1. The fraction of sp³-hybridized carbons (Fsp3) is 0.583. The lowest BCUT2D eigenvalue weighted by molar-refractivity contribution is 0.0689. The smallest absolute Gasteiger partial charge is 0.264 e. The van der Waals surface area contributed by atoms with E-state index in [2.05, 4.69) is 0 Å². The zero-order valence-corrected chi connectivity index (χ0v) is 11.7. The molecule has 0 atom stereocenters. The van der Waals surface area contributed by atoms with Gasteiger partial charge in [-0.15, -0.1) is 11.3 Å². The molecule has 1 aromatic rings. The van der Waals surface area contributed by atoms with Crippen LogP contribution in [-0.2, 0) is 12.2 Å². The maximum atomic E-state index is 12.2. The number of hydrogen-bond donors (Lipinski definition) is 2. The van der Waals surface area contributed by atoms with Gasteiger partial charge in [0.25, 0.3) is 5.91 Å². The van der Waals surface area contributed by atoms with Crippen LogP contribution in [0.3, 0.4) is 0 Å². The van der Waals surface area contributed by atoms with Crippen LogP contribution < -0.4 is 0 Å². The van der Waals surface area contributed by atoms with E-state index in [1.165, 1.54) is 15.3 Å². The van der Waals surface area contributed by atoms with Crippen LogP contribution in [0, 0.1) is 0 Å². The molecule has 0 bridgehead atoms. The van der Waals surface area contributed by atoms with Gasteiger partial charge in [0, 0.05) is 23.7 Å². The molecule has 0 spiro atoms. The van der Waals surface area contributed by atoms with Gasteiger partial charge in [-0.05, 0) is 23.8 Å². The SMILES string of the molecule is O=C(c1cc2c(s1)CCSC2)N(CCO)CCO. The largest absolute Gasteiger partial charge is 0.395 e. The van der Waals surface area contributed by atoms with E-state index in [4.69, 9.17) is 10.2 Å². The summed E-state index contributed by atoms with van der Waals surface area (Å²) < 4.78 is 0. The summed E-state index contributed by atoms with van der Waals surface area (Å²) in [7, 11) is 0. The van der Waals surface area contributed by atoms with Crippen molar-refractivity contribution in [2.24, 2.45) is 0 Å². The van der Waals surface area contributed by atoms with Gasteiger partial charge in [0.1, 0.15) is 0 Å². The minimum absolute atomic E-state index is 0.0767. The lowest BCUT2D eigenvalue weighted by Gasteiger charge is -2.19. The predicted octanol–water partition coefficient (Wildman–Crippen LogP) is 0.964. The Balaban J connectivity index is 2.13. The van der Waals surface area contributed by atoms with Gasteiger partial charge in [-0.3, -0.25) is 4.79 Å². The topological polar surface area (TPSA) is 60.8 Å². The number of aliphatic hydroxyl groups excluding tert-OH is 2. The molecule has 100 valence electrons. The fourth-order valence-corrected chi connectivity index (χ4v) is 4.30. The molecule has 0 saturated heterocycles. The summed E-state index contributed by atoms with van der Waals surface area (Å²) in [5.74, 6) is 2.03. The van der Waals surface area contributed by atoms with Crippen LogP contribution in [0.25, 0.3) is 0 Å². The minimum atomic E-state index is -0.0810. The quantitative estimate of drug-likeness (QED) is 0.847. The molecule has 1 aliphatic heterocycles. The summed E-state index contributed by atoms with van der Waals surface area (Å²) in [4.78, 5) is 15.8. The summed E-state index contributed by atoms with van der Waals surface area (Å²) in [6, 6.07) is 1.97. The summed E-state index contributed by atoms with van der Waals surface area (Å²) in [6.07, 6.45) is 1.04. The molecule has 0 unspecified atom stereocenters. The highest BCUT2D eigenvalue weighted by Gasteiger charge is 2.21. The maximum Gasteiger partial charge on any atom is 0.264 e. The highest BCUT2D eigenvalue weighted by atomic mass is 32.2. The molecule has 0 radical (unpaired) electrons. The Hall–Kier alpha value is -0.560. The molecule has 2 rings (SSSR count). The zero-order valence-electron chi connectivity index (χ0n) is 10.1. The van der Waals surface area contributed by atoms with Crippen LogP contribution in [0.4, 0.5) is 0 Å². The first-order chi connectivity index (χ1) is 8.76. The van der Waals surface area contributed by atoms with Crippen molar-refractivity contribution < 1.29 is 15.0 Å². The second-order valence-electron chi connectivity index (χ2n) is 4.10. The Labute approximate surface area is 115 Å². The van der Waals surface area contributed by atoms with Crippen molar-refractivity contribution in [2.75, 3.05) is 32.1 Å². The number of thiophene rings is 1. The number of amides is 1. The van der Waals surface area contributed by atoms with E-state index < -0.39 is 0 Å². The van der Waals surface area contributed by atoms with Crippen molar-refractivity contribution in [1.82, 2.24) is 4.90 Å². The Bertz CT molecular complexity index is 390. The Morgan fingerprint density at radius 3 is 2.67 bits per heavy atom. The van der Waals surface area contributed by atoms with Crippen LogP contribution in [0.15, 0.2) is 6.07 Å². The average Bonchev–Trinajstić information content (AvgIpc) is 2.81. The molecule has 1 amide bonds. The third-order valence-corrected chi connectivity index (χ3v) is 5.10. The van der Waals surface area contributed by atoms with Gasteiger partial charge in [-0.1, -0.05) is 0 Å². The Morgan fingerprint density at radius 2 is 2.06 bits per heavy atom. The maximum absolute atomic E-state index is 12.2. The monoisotopic (exact) mass is 287 g/mol. The van der Waals surface area contributed by atoms with E-state index in [1.54, 1.807) is 11.3 Å². The first-order valence-electron chi connectivity index (χ1n) is 5.96. The lowest BCUT2D eigenvalue weighted by atomic mass is 10.2. The van der Waals surface area contributed by atoms with E-state index in [-0.39, 0.29) is 32.2 Å². The molecule has 18 heavy (non-hydrogen) atoms. The first kappa shape index (κ1) is 13.9. The summed E-state index contributed by atoms with van der Waals surface area (Å²) >= 11 is 3.45. The summed E-state index contributed by atoms with van der Waals surface area (Å²) in [6.45, 7) is 0.396. The molecular weight excluding hydrogens is 270 g/mol. The van der Waals surface area contributed by atoms with Crippen LogP contribution in [0.2, 0.25) is 0 Å². The number of nitrogens with zero attached hydrogens (tertiary/aromatic N) is 1. The molecule has 0 aliphatic carbocycles. The molecule has 2 heterocycles. The molecular formula is C12H17NO3S2. The number of rotatable bonds is 5. The summed E-state index contributed by atoms with van der Waals surface area (Å²) in [5, 5.41) is 17.9. The number of thioether (sulfide) groups is 1. The molecule has 2 N–H and O–H groups in total. The third-order valence-electron chi connectivity index (χ3n) is 2.87. The van der Waals surface area contributed by atoms with Crippen LogP contribution in [0.5, 0.6) is 0 Å². The van der Waals surface area contributed by atoms with Crippen molar-refractivity contribution in [2.45, 2.75) is 12.2 Å². The van der Waals surface area contributed by atoms with Crippen LogP contribution >= 0.6 is 23.1 Å². The van der Waals surface area contributed by atoms with E-state index in [9.17, 15) is 4.79 Å². The second kappa shape index (κ2) is 6.56. The van der Waals surface area contributed by atoms with Crippen molar-refractivity contribution in [3.8, 4) is 0 Å². The molecule has 0 saturated carbocycles. The summed E-state index contributed by atoms with van der Waals surface area (Å²) in [5.41, 5.74) is 1.27. The third kappa shape index (κ3) is 3.06. The van der Waals surface area contributed by atoms with Gasteiger partial charge in [0.15, 0.2) is 0 Å². The van der Waals surface area contributed by atoms with Crippen molar-refractivity contribution in [3.05, 3.63) is 21.4 Å². The van der Waals surface area contributed by atoms with Gasteiger partial charge in [0.05, 0.1) is 18.1 Å². The second-order valence-corrected chi connectivity index (χ2v) is 6.34. The fourth-order valence-electron chi connectivity index (χ4n) is 1.96.